The molecule has 0 unspecified atom stereocenters. The molecule has 0 radical (unpaired) electrons. The van der Waals surface area contributed by atoms with Crippen LogP contribution in [0.4, 0.5) is 0 Å². The van der Waals surface area contributed by atoms with E-state index in [2.05, 4.69) is 35.9 Å². The van der Waals surface area contributed by atoms with Crippen molar-refractivity contribution in [1.29, 1.82) is 0 Å². The van der Waals surface area contributed by atoms with Gasteiger partial charge in [0, 0.05) is 14.9 Å². The minimum Gasteiger partial charge on any atom is -0.341 e. The number of rotatable bonds is 3. The lowest BCUT2D eigenvalue weighted by molar-refractivity contribution is 0.112. The van der Waals surface area contributed by atoms with Gasteiger partial charge in [0.2, 0.25) is 0 Å². The van der Waals surface area contributed by atoms with E-state index in [0.717, 1.165) is 26.2 Å². The van der Waals surface area contributed by atoms with Crippen LogP contribution >= 0.6 is 27.7 Å². The van der Waals surface area contributed by atoms with Crippen LogP contribution < -0.4 is 0 Å². The van der Waals surface area contributed by atoms with Gasteiger partial charge in [-0.2, -0.15) is 0 Å². The molecule has 0 amide bonds. The third kappa shape index (κ3) is 2.39. The Balaban J connectivity index is 2.01. The first-order valence-electron chi connectivity index (χ1n) is 5.34. The summed E-state index contributed by atoms with van der Waals surface area (Å²) >= 11 is 4.93. The van der Waals surface area contributed by atoms with Gasteiger partial charge >= 0.3 is 0 Å². The number of H-pyrrole nitrogens is 1. The highest BCUT2D eigenvalue weighted by atomic mass is 79.9. The maximum absolute atomic E-state index is 10.7. The van der Waals surface area contributed by atoms with Gasteiger partial charge in [-0.05, 0) is 28.1 Å². The van der Waals surface area contributed by atoms with E-state index < -0.39 is 0 Å². The molecular formula is C12H7BrN4OS. The molecule has 0 aliphatic rings. The van der Waals surface area contributed by atoms with Crippen LogP contribution in [-0.2, 0) is 0 Å². The van der Waals surface area contributed by atoms with Crippen LogP contribution in [0, 0.1) is 0 Å². The number of aromatic amines is 1. The van der Waals surface area contributed by atoms with Crippen molar-refractivity contribution in [2.45, 2.75) is 9.92 Å². The van der Waals surface area contributed by atoms with Crippen molar-refractivity contribution in [3.05, 3.63) is 40.9 Å². The highest BCUT2D eigenvalue weighted by molar-refractivity contribution is 9.10. The van der Waals surface area contributed by atoms with E-state index in [1.807, 2.05) is 6.07 Å². The number of aromatic nitrogens is 4. The number of hydrogen-bond donors (Lipinski definition) is 1. The molecule has 1 aromatic carbocycles. The smallest absolute Gasteiger partial charge is 0.181 e. The minimum absolute atomic E-state index is 0.630. The number of hydrogen-bond acceptors (Lipinski definition) is 5. The van der Waals surface area contributed by atoms with Crippen molar-refractivity contribution in [1.82, 2.24) is 19.9 Å². The van der Waals surface area contributed by atoms with Crippen molar-refractivity contribution in [2.24, 2.45) is 0 Å². The number of benzene rings is 1. The zero-order valence-electron chi connectivity index (χ0n) is 9.50. The van der Waals surface area contributed by atoms with Crippen LogP contribution in [0.2, 0.25) is 0 Å². The molecule has 2 aromatic heterocycles. The molecule has 1 N–H and O–H groups in total. The van der Waals surface area contributed by atoms with Gasteiger partial charge in [-0.15, -0.1) is 0 Å². The molecule has 0 aliphatic carbocycles. The zero-order valence-corrected chi connectivity index (χ0v) is 11.9. The lowest BCUT2D eigenvalue weighted by Crippen LogP contribution is -1.87. The number of aldehydes is 1. The van der Waals surface area contributed by atoms with Gasteiger partial charge in [-0.1, -0.05) is 17.8 Å². The second kappa shape index (κ2) is 5.10. The van der Waals surface area contributed by atoms with Gasteiger partial charge in [-0.25, -0.2) is 15.0 Å². The third-order valence-corrected chi connectivity index (χ3v) is 4.48. The molecule has 0 spiro atoms. The fraction of sp³-hybridized carbons (Fsp3) is 0. The van der Waals surface area contributed by atoms with Crippen LogP contribution in [0.3, 0.4) is 0 Å². The minimum atomic E-state index is 0.630. The molecule has 0 saturated heterocycles. The van der Waals surface area contributed by atoms with E-state index in [-0.39, 0.29) is 0 Å². The second-order valence-electron chi connectivity index (χ2n) is 3.69. The first-order chi connectivity index (χ1) is 9.28. The molecule has 2 heterocycles. The number of imidazole rings is 1. The molecule has 94 valence electrons. The monoisotopic (exact) mass is 334 g/mol. The second-order valence-corrected chi connectivity index (χ2v) is 5.57. The van der Waals surface area contributed by atoms with Crippen LogP contribution in [0.25, 0.3) is 11.2 Å². The summed E-state index contributed by atoms with van der Waals surface area (Å²) in [5.41, 5.74) is 2.07. The molecule has 3 rings (SSSR count). The molecule has 3 aromatic rings. The van der Waals surface area contributed by atoms with E-state index in [0.29, 0.717) is 11.2 Å². The Bertz CT molecular complexity index is 758. The summed E-state index contributed by atoms with van der Waals surface area (Å²) in [6, 6.07) is 5.43. The first kappa shape index (κ1) is 12.3. The number of carbonyl (C=O) groups is 1. The van der Waals surface area contributed by atoms with Crippen LogP contribution in [0.1, 0.15) is 10.4 Å². The maximum Gasteiger partial charge on any atom is 0.181 e. The quantitative estimate of drug-likeness (QED) is 0.588. The Morgan fingerprint density at radius 2 is 2.16 bits per heavy atom. The van der Waals surface area contributed by atoms with Crippen molar-refractivity contribution >= 4 is 45.1 Å². The third-order valence-electron chi connectivity index (χ3n) is 2.49. The molecule has 0 bridgehead atoms. The predicted molar refractivity (Wildman–Crippen MR) is 75.3 cm³/mol. The predicted octanol–water partition coefficient (Wildman–Crippen LogP) is 3.08. The summed E-state index contributed by atoms with van der Waals surface area (Å²) in [6.45, 7) is 0. The van der Waals surface area contributed by atoms with Crippen molar-refractivity contribution < 1.29 is 4.79 Å². The van der Waals surface area contributed by atoms with E-state index in [9.17, 15) is 4.79 Å². The Morgan fingerprint density at radius 1 is 1.26 bits per heavy atom. The van der Waals surface area contributed by atoms with E-state index in [4.69, 9.17) is 0 Å². The Labute approximate surface area is 121 Å². The van der Waals surface area contributed by atoms with Gasteiger partial charge in [0.1, 0.15) is 23.2 Å². The SMILES string of the molecule is O=Cc1ccc(Sc2ncnc3nc[nH]c23)c(Br)c1. The molecule has 19 heavy (non-hydrogen) atoms. The summed E-state index contributed by atoms with van der Waals surface area (Å²) in [5.74, 6) is 0. The number of nitrogens with one attached hydrogen (secondary N) is 1. The van der Waals surface area contributed by atoms with Crippen molar-refractivity contribution in [2.75, 3.05) is 0 Å². The highest BCUT2D eigenvalue weighted by Gasteiger charge is 2.10. The summed E-state index contributed by atoms with van der Waals surface area (Å²) < 4.78 is 0.855. The maximum atomic E-state index is 10.7. The largest absolute Gasteiger partial charge is 0.341 e. The van der Waals surface area contributed by atoms with Gasteiger partial charge in [-0.3, -0.25) is 4.79 Å². The van der Waals surface area contributed by atoms with Gasteiger partial charge in [0.05, 0.1) is 6.33 Å². The van der Waals surface area contributed by atoms with E-state index >= 15 is 0 Å². The Hall–Kier alpha value is -1.73. The lowest BCUT2D eigenvalue weighted by Gasteiger charge is -2.04. The van der Waals surface area contributed by atoms with Crippen LogP contribution in [-0.4, -0.2) is 26.2 Å². The lowest BCUT2D eigenvalue weighted by atomic mass is 10.2. The summed E-state index contributed by atoms with van der Waals surface area (Å²) in [6.07, 6.45) is 3.89. The first-order valence-corrected chi connectivity index (χ1v) is 6.95. The Morgan fingerprint density at radius 3 is 2.95 bits per heavy atom. The highest BCUT2D eigenvalue weighted by Crippen LogP contribution is 2.34. The molecular weight excluding hydrogens is 328 g/mol. The van der Waals surface area contributed by atoms with E-state index in [1.54, 1.807) is 18.5 Å². The van der Waals surface area contributed by atoms with Gasteiger partial charge < -0.3 is 4.98 Å². The molecule has 7 heteroatoms. The Kier molecular flexibility index (Phi) is 3.31. The average molecular weight is 335 g/mol. The van der Waals surface area contributed by atoms with Gasteiger partial charge in [0.25, 0.3) is 0 Å². The standard InChI is InChI=1S/C12H7BrN4OS/c13-8-3-7(4-18)1-2-9(8)19-12-10-11(15-5-14-10)16-6-17-12/h1-6H,(H,14,15,16,17). The number of halogens is 1. The molecule has 0 aliphatic heterocycles. The molecule has 5 nitrogen and oxygen atoms in total. The zero-order chi connectivity index (χ0) is 13.2. The fourth-order valence-corrected chi connectivity index (χ4v) is 3.09. The number of nitrogens with zero attached hydrogens (tertiary/aromatic N) is 3. The molecule has 0 saturated carbocycles. The van der Waals surface area contributed by atoms with Crippen molar-refractivity contribution in [3.63, 3.8) is 0 Å². The average Bonchev–Trinajstić information content (AvgIpc) is 2.90. The number of carbonyl (C=O) groups excluding carboxylic acids is 1. The fourth-order valence-electron chi connectivity index (χ4n) is 1.60. The van der Waals surface area contributed by atoms with E-state index in [1.165, 1.54) is 18.1 Å². The molecule has 0 atom stereocenters. The summed E-state index contributed by atoms with van der Waals surface area (Å²) in [4.78, 5) is 27.1. The van der Waals surface area contributed by atoms with Crippen LogP contribution in [0.5, 0.6) is 0 Å². The number of fused-ring (bicyclic) bond motifs is 1. The van der Waals surface area contributed by atoms with Gasteiger partial charge in [0.15, 0.2) is 5.65 Å². The topological polar surface area (TPSA) is 71.5 Å². The summed E-state index contributed by atoms with van der Waals surface area (Å²) in [7, 11) is 0. The normalized spacial score (nSPS) is 10.8. The molecule has 0 fully saturated rings. The summed E-state index contributed by atoms with van der Waals surface area (Å²) in [5, 5.41) is 0.794. The van der Waals surface area contributed by atoms with Crippen LogP contribution in [0.15, 0.2) is 45.2 Å². The van der Waals surface area contributed by atoms with Crippen molar-refractivity contribution in [3.8, 4) is 0 Å².